The number of aromatic nitrogens is 3. The molecule has 0 saturated carbocycles. The minimum atomic E-state index is -0.146. The van der Waals surface area contributed by atoms with Crippen molar-refractivity contribution in [3.05, 3.63) is 77.9 Å². The number of methoxy groups -OCH3 is 1. The molecular weight excluding hydrogens is 430 g/mol. The van der Waals surface area contributed by atoms with E-state index in [9.17, 15) is 4.79 Å². The van der Waals surface area contributed by atoms with Crippen LogP contribution in [0, 0.1) is 0 Å². The van der Waals surface area contributed by atoms with E-state index in [0.29, 0.717) is 18.7 Å². The number of carbonyl (C=O) groups excluding carboxylic acids is 1. The summed E-state index contributed by atoms with van der Waals surface area (Å²) in [4.78, 5) is 14.5. The maximum Gasteiger partial charge on any atom is 0.257 e. The van der Waals surface area contributed by atoms with Crippen molar-refractivity contribution in [3.8, 4) is 11.5 Å². The molecule has 0 aliphatic carbocycles. The van der Waals surface area contributed by atoms with E-state index in [1.165, 1.54) is 0 Å². The molecule has 8 heteroatoms. The molecule has 0 bridgehead atoms. The number of hydrogen-bond acceptors (Lipinski definition) is 6. The Morgan fingerprint density at radius 3 is 2.74 bits per heavy atom. The van der Waals surface area contributed by atoms with Crippen molar-refractivity contribution >= 4 is 12.0 Å². The molecule has 3 aromatic rings. The van der Waals surface area contributed by atoms with Gasteiger partial charge in [0.25, 0.3) is 5.91 Å². The Kier molecular flexibility index (Phi) is 8.29. The molecule has 8 nitrogen and oxygen atoms in total. The summed E-state index contributed by atoms with van der Waals surface area (Å²) in [5.41, 5.74) is 1.08. The van der Waals surface area contributed by atoms with Crippen molar-refractivity contribution in [2.24, 2.45) is 0 Å². The average Bonchev–Trinajstić information content (AvgIpc) is 3.14. The molecule has 0 radical (unpaired) electrons. The van der Waals surface area contributed by atoms with Gasteiger partial charge in [0.15, 0.2) is 6.61 Å². The predicted octanol–water partition coefficient (Wildman–Crippen LogP) is 2.60. The van der Waals surface area contributed by atoms with E-state index in [-0.39, 0.29) is 12.5 Å². The van der Waals surface area contributed by atoms with E-state index in [2.05, 4.69) is 43.2 Å². The van der Waals surface area contributed by atoms with Crippen LogP contribution in [0.1, 0.15) is 17.2 Å². The van der Waals surface area contributed by atoms with Gasteiger partial charge < -0.3 is 19.4 Å². The number of ether oxygens (including phenoxy) is 2. The smallest absolute Gasteiger partial charge is 0.257 e. The zero-order valence-electron chi connectivity index (χ0n) is 19.5. The van der Waals surface area contributed by atoms with Crippen molar-refractivity contribution in [1.82, 2.24) is 25.0 Å². The lowest BCUT2D eigenvalue weighted by Gasteiger charge is -2.17. The average molecular weight is 462 g/mol. The third-order valence-corrected chi connectivity index (χ3v) is 5.78. The predicted molar refractivity (Wildman–Crippen MR) is 131 cm³/mol. The highest BCUT2D eigenvalue weighted by molar-refractivity contribution is 5.77. The number of carbonyl (C=O) groups is 1. The van der Waals surface area contributed by atoms with Crippen molar-refractivity contribution < 1.29 is 14.3 Å². The second kappa shape index (κ2) is 12.0. The molecule has 2 aromatic carbocycles. The highest BCUT2D eigenvalue weighted by Crippen LogP contribution is 2.19. The first-order chi connectivity index (χ1) is 16.7. The van der Waals surface area contributed by atoms with Gasteiger partial charge in [-0.3, -0.25) is 9.69 Å². The van der Waals surface area contributed by atoms with Gasteiger partial charge in [-0.1, -0.05) is 48.6 Å². The Balaban J connectivity index is 1.22. The quantitative estimate of drug-likeness (QED) is 0.500. The summed E-state index contributed by atoms with van der Waals surface area (Å²) >= 11 is 0. The van der Waals surface area contributed by atoms with Gasteiger partial charge in [-0.25, -0.2) is 0 Å². The molecule has 34 heavy (non-hydrogen) atoms. The van der Waals surface area contributed by atoms with E-state index in [1.807, 2.05) is 48.5 Å². The summed E-state index contributed by atoms with van der Waals surface area (Å²) in [6.45, 7) is 4.06. The Hall–Kier alpha value is -3.65. The number of amides is 1. The first-order valence-corrected chi connectivity index (χ1v) is 11.6. The molecule has 2 heterocycles. The van der Waals surface area contributed by atoms with Gasteiger partial charge in [0, 0.05) is 51.1 Å². The summed E-state index contributed by atoms with van der Waals surface area (Å²) in [5, 5.41) is 11.7. The molecule has 1 amide bonds. The second-order valence-electron chi connectivity index (χ2n) is 8.08. The Labute approximate surface area is 200 Å². The second-order valence-corrected chi connectivity index (χ2v) is 8.08. The van der Waals surface area contributed by atoms with Crippen molar-refractivity contribution in [3.63, 3.8) is 0 Å². The van der Waals surface area contributed by atoms with Crippen LogP contribution in [-0.2, 0) is 24.2 Å². The lowest BCUT2D eigenvalue weighted by molar-refractivity contribution is -0.123. The van der Waals surface area contributed by atoms with E-state index < -0.39 is 0 Å². The molecule has 1 N–H and O–H groups in total. The Morgan fingerprint density at radius 1 is 1.06 bits per heavy atom. The van der Waals surface area contributed by atoms with E-state index in [1.54, 1.807) is 7.11 Å². The molecule has 0 saturated heterocycles. The van der Waals surface area contributed by atoms with Gasteiger partial charge >= 0.3 is 0 Å². The first kappa shape index (κ1) is 23.5. The summed E-state index contributed by atoms with van der Waals surface area (Å²) in [5.74, 6) is 3.33. The van der Waals surface area contributed by atoms with E-state index in [4.69, 9.17) is 9.47 Å². The van der Waals surface area contributed by atoms with Crippen molar-refractivity contribution in [1.29, 1.82) is 0 Å². The maximum absolute atomic E-state index is 12.1. The maximum atomic E-state index is 12.1. The number of nitrogens with one attached hydrogen (secondary N) is 1. The van der Waals surface area contributed by atoms with Crippen LogP contribution in [0.2, 0.25) is 0 Å². The summed E-state index contributed by atoms with van der Waals surface area (Å²) in [6.07, 6.45) is 5.78. The molecule has 1 aromatic heterocycles. The van der Waals surface area contributed by atoms with Gasteiger partial charge in [-0.15, -0.1) is 10.2 Å². The van der Waals surface area contributed by atoms with Gasteiger partial charge in [0.2, 0.25) is 0 Å². The Bertz CT molecular complexity index is 1100. The normalized spacial score (nSPS) is 13.9. The van der Waals surface area contributed by atoms with Crippen LogP contribution in [0.25, 0.3) is 6.08 Å². The van der Waals surface area contributed by atoms with Crippen LogP contribution in [0.4, 0.5) is 0 Å². The highest BCUT2D eigenvalue weighted by Gasteiger charge is 2.18. The minimum absolute atomic E-state index is 0.000707. The summed E-state index contributed by atoms with van der Waals surface area (Å²) in [6, 6.07) is 17.3. The number of para-hydroxylation sites is 2. The SMILES string of the molecule is COc1ccccc1/C=C/CN1CCc2nnc(CCNC(=O)COc3ccccc3)n2CC1. The summed E-state index contributed by atoms with van der Waals surface area (Å²) in [7, 11) is 1.69. The molecule has 1 aliphatic heterocycles. The monoisotopic (exact) mass is 461 g/mol. The molecule has 0 fully saturated rings. The van der Waals surface area contributed by atoms with Gasteiger partial charge in [-0.05, 0) is 18.2 Å². The lowest BCUT2D eigenvalue weighted by atomic mass is 10.2. The molecule has 1 aliphatic rings. The van der Waals surface area contributed by atoms with Crippen LogP contribution in [0.5, 0.6) is 11.5 Å². The third kappa shape index (κ3) is 6.45. The third-order valence-electron chi connectivity index (χ3n) is 5.78. The zero-order valence-corrected chi connectivity index (χ0v) is 19.5. The number of rotatable bonds is 10. The highest BCUT2D eigenvalue weighted by atomic mass is 16.5. The number of fused-ring (bicyclic) bond motifs is 1. The molecule has 0 unspecified atom stereocenters. The van der Waals surface area contributed by atoms with Crippen LogP contribution in [0.3, 0.4) is 0 Å². The summed E-state index contributed by atoms with van der Waals surface area (Å²) < 4.78 is 13.1. The fraction of sp³-hybridized carbons (Fsp3) is 0.346. The van der Waals surface area contributed by atoms with Crippen molar-refractivity contribution in [2.75, 3.05) is 39.9 Å². The zero-order chi connectivity index (χ0) is 23.6. The lowest BCUT2D eigenvalue weighted by Crippen LogP contribution is -2.31. The largest absolute Gasteiger partial charge is 0.496 e. The topological polar surface area (TPSA) is 81.5 Å². The van der Waals surface area contributed by atoms with Gasteiger partial charge in [0.05, 0.1) is 7.11 Å². The standard InChI is InChI=1S/C26H31N5O3/c1-33-23-12-6-5-8-21(23)9-7-16-30-17-14-25-29-28-24(31(25)19-18-30)13-15-27-26(32)20-34-22-10-3-2-4-11-22/h2-12H,13-20H2,1H3,(H,27,32)/b9-7+. The van der Waals surface area contributed by atoms with E-state index >= 15 is 0 Å². The van der Waals surface area contributed by atoms with Crippen molar-refractivity contribution in [2.45, 2.75) is 19.4 Å². The molecule has 0 spiro atoms. The molecule has 4 rings (SSSR count). The first-order valence-electron chi connectivity index (χ1n) is 11.6. The fourth-order valence-corrected chi connectivity index (χ4v) is 3.96. The molecule has 178 valence electrons. The van der Waals surface area contributed by atoms with Crippen LogP contribution < -0.4 is 14.8 Å². The number of nitrogens with zero attached hydrogens (tertiary/aromatic N) is 4. The van der Waals surface area contributed by atoms with E-state index in [0.717, 1.165) is 55.6 Å². The van der Waals surface area contributed by atoms with Gasteiger partial charge in [-0.2, -0.15) is 0 Å². The van der Waals surface area contributed by atoms with Gasteiger partial charge in [0.1, 0.15) is 23.1 Å². The van der Waals surface area contributed by atoms with Crippen LogP contribution in [-0.4, -0.2) is 65.5 Å². The molecular formula is C26H31N5O3. The number of benzene rings is 2. The van der Waals surface area contributed by atoms with Crippen LogP contribution in [0.15, 0.2) is 60.7 Å². The number of hydrogen-bond donors (Lipinski definition) is 1. The Morgan fingerprint density at radius 2 is 1.88 bits per heavy atom. The molecule has 0 atom stereocenters. The fourth-order valence-electron chi connectivity index (χ4n) is 3.96. The van der Waals surface area contributed by atoms with Crippen LogP contribution >= 0.6 is 0 Å². The minimum Gasteiger partial charge on any atom is -0.496 e.